The van der Waals surface area contributed by atoms with Crippen molar-refractivity contribution >= 4 is 0 Å². The van der Waals surface area contributed by atoms with Crippen molar-refractivity contribution in [3.63, 3.8) is 0 Å². The minimum absolute atomic E-state index is 0.0834. The van der Waals surface area contributed by atoms with Crippen LogP contribution in [0.4, 0.5) is 0 Å². The average molecular weight is 282 g/mol. The molecule has 2 aromatic carbocycles. The maximum absolute atomic E-state index is 6.29. The van der Waals surface area contributed by atoms with Crippen LogP contribution in [0.15, 0.2) is 48.5 Å². The highest BCUT2D eigenvalue weighted by molar-refractivity contribution is 5.31. The molecule has 0 fully saturated rings. The third-order valence-electron chi connectivity index (χ3n) is 4.16. The van der Waals surface area contributed by atoms with Crippen LogP contribution >= 0.6 is 0 Å². The molecule has 2 unspecified atom stereocenters. The van der Waals surface area contributed by atoms with Gasteiger partial charge in [-0.1, -0.05) is 48.5 Å². The van der Waals surface area contributed by atoms with Crippen molar-refractivity contribution < 1.29 is 0 Å². The molecule has 2 N–H and O–H groups in total. The van der Waals surface area contributed by atoms with E-state index in [1.807, 2.05) is 0 Å². The van der Waals surface area contributed by atoms with Gasteiger partial charge in [0.2, 0.25) is 0 Å². The monoisotopic (exact) mass is 282 g/mol. The molecule has 0 saturated heterocycles. The van der Waals surface area contributed by atoms with Gasteiger partial charge in [-0.25, -0.2) is 0 Å². The van der Waals surface area contributed by atoms with E-state index in [0.29, 0.717) is 0 Å². The molecule has 2 heteroatoms. The summed E-state index contributed by atoms with van der Waals surface area (Å²) in [5.41, 5.74) is 11.6. The summed E-state index contributed by atoms with van der Waals surface area (Å²) in [6.45, 7) is 7.32. The van der Waals surface area contributed by atoms with Gasteiger partial charge in [-0.05, 0) is 50.1 Å². The molecule has 0 radical (unpaired) electrons. The lowest BCUT2D eigenvalue weighted by molar-refractivity contribution is 0.210. The van der Waals surface area contributed by atoms with Gasteiger partial charge in [-0.2, -0.15) is 0 Å². The molecular weight excluding hydrogens is 256 g/mol. The molecule has 0 amide bonds. The van der Waals surface area contributed by atoms with Gasteiger partial charge in [0.1, 0.15) is 0 Å². The summed E-state index contributed by atoms with van der Waals surface area (Å²) in [5, 5.41) is 0. The zero-order valence-electron chi connectivity index (χ0n) is 13.5. The quantitative estimate of drug-likeness (QED) is 0.903. The largest absolute Gasteiger partial charge is 0.326 e. The molecule has 0 heterocycles. The first-order valence-corrected chi connectivity index (χ1v) is 7.56. The summed E-state index contributed by atoms with van der Waals surface area (Å²) in [4.78, 5) is 2.36. The average Bonchev–Trinajstić information content (AvgIpc) is 2.43. The van der Waals surface area contributed by atoms with Crippen molar-refractivity contribution in [3.8, 4) is 0 Å². The number of likely N-dealkylation sites (N-methyl/N-ethyl adjacent to an activating group) is 1. The summed E-state index contributed by atoms with van der Waals surface area (Å²) in [6.07, 6.45) is 0. The Balaban J connectivity index is 2.27. The van der Waals surface area contributed by atoms with E-state index in [9.17, 15) is 0 Å². The van der Waals surface area contributed by atoms with Crippen LogP contribution in [0.25, 0.3) is 0 Å². The zero-order valence-corrected chi connectivity index (χ0v) is 13.5. The molecule has 0 spiro atoms. The first kappa shape index (κ1) is 15.7. The van der Waals surface area contributed by atoms with Gasteiger partial charge in [-0.15, -0.1) is 0 Å². The van der Waals surface area contributed by atoms with Crippen LogP contribution < -0.4 is 5.73 Å². The van der Waals surface area contributed by atoms with Gasteiger partial charge in [0.15, 0.2) is 0 Å². The van der Waals surface area contributed by atoms with Gasteiger partial charge in [0, 0.05) is 18.6 Å². The molecule has 0 saturated carbocycles. The van der Waals surface area contributed by atoms with Crippen LogP contribution in [0.2, 0.25) is 0 Å². The van der Waals surface area contributed by atoms with Crippen molar-refractivity contribution in [2.24, 2.45) is 5.73 Å². The van der Waals surface area contributed by atoms with Gasteiger partial charge >= 0.3 is 0 Å². The van der Waals surface area contributed by atoms with Crippen LogP contribution in [0.1, 0.15) is 35.2 Å². The number of benzene rings is 2. The van der Waals surface area contributed by atoms with E-state index in [4.69, 9.17) is 5.73 Å². The van der Waals surface area contributed by atoms with Crippen molar-refractivity contribution in [3.05, 3.63) is 70.8 Å². The molecule has 0 aromatic heterocycles. The topological polar surface area (TPSA) is 29.3 Å². The van der Waals surface area contributed by atoms with Crippen LogP contribution in [-0.4, -0.2) is 18.0 Å². The van der Waals surface area contributed by atoms with E-state index in [1.54, 1.807) is 0 Å². The number of rotatable bonds is 5. The van der Waals surface area contributed by atoms with E-state index in [-0.39, 0.29) is 12.1 Å². The van der Waals surface area contributed by atoms with Gasteiger partial charge in [0.25, 0.3) is 0 Å². The minimum atomic E-state index is 0.0834. The maximum atomic E-state index is 6.29. The lowest BCUT2D eigenvalue weighted by Crippen LogP contribution is -2.37. The predicted octanol–water partition coefficient (Wildman–Crippen LogP) is 3.82. The highest BCUT2D eigenvalue weighted by atomic mass is 15.1. The Morgan fingerprint density at radius 2 is 1.52 bits per heavy atom. The van der Waals surface area contributed by atoms with E-state index in [2.05, 4.69) is 81.2 Å². The summed E-state index contributed by atoms with van der Waals surface area (Å²) in [6, 6.07) is 17.4. The lowest BCUT2D eigenvalue weighted by Gasteiger charge is -2.33. The number of aryl methyl sites for hydroxylation is 2. The van der Waals surface area contributed by atoms with E-state index in [1.165, 1.54) is 22.3 Å². The Morgan fingerprint density at radius 3 is 2.10 bits per heavy atom. The van der Waals surface area contributed by atoms with Crippen LogP contribution in [0.3, 0.4) is 0 Å². The highest BCUT2D eigenvalue weighted by Gasteiger charge is 2.22. The van der Waals surface area contributed by atoms with Gasteiger partial charge in [-0.3, -0.25) is 4.90 Å². The van der Waals surface area contributed by atoms with Crippen LogP contribution in [-0.2, 0) is 6.54 Å². The fourth-order valence-electron chi connectivity index (χ4n) is 3.00. The molecule has 0 aliphatic heterocycles. The fourth-order valence-corrected chi connectivity index (χ4v) is 3.00. The van der Waals surface area contributed by atoms with E-state index < -0.39 is 0 Å². The normalized spacial score (nSPS) is 14.2. The van der Waals surface area contributed by atoms with Crippen molar-refractivity contribution in [2.75, 3.05) is 7.05 Å². The SMILES string of the molecule is Cc1ccccc1CN(C)C(c1ccccc1C)C(C)N. The molecule has 0 aliphatic carbocycles. The smallest absolute Gasteiger partial charge is 0.0499 e. The highest BCUT2D eigenvalue weighted by Crippen LogP contribution is 2.27. The predicted molar refractivity (Wildman–Crippen MR) is 90.2 cm³/mol. The molecule has 2 rings (SSSR count). The molecule has 112 valence electrons. The minimum Gasteiger partial charge on any atom is -0.326 e. The van der Waals surface area contributed by atoms with Gasteiger partial charge < -0.3 is 5.73 Å². The fraction of sp³-hybridized carbons (Fsp3) is 0.368. The van der Waals surface area contributed by atoms with Crippen molar-refractivity contribution in [2.45, 2.75) is 39.4 Å². The van der Waals surface area contributed by atoms with E-state index >= 15 is 0 Å². The Labute approximate surface area is 128 Å². The Morgan fingerprint density at radius 1 is 0.952 bits per heavy atom. The molecule has 21 heavy (non-hydrogen) atoms. The Bertz CT molecular complexity index is 590. The van der Waals surface area contributed by atoms with Crippen molar-refractivity contribution in [1.82, 2.24) is 4.90 Å². The first-order valence-electron chi connectivity index (χ1n) is 7.56. The summed E-state index contributed by atoms with van der Waals surface area (Å²) in [5.74, 6) is 0. The molecule has 2 aromatic rings. The first-order chi connectivity index (χ1) is 10.0. The van der Waals surface area contributed by atoms with Gasteiger partial charge in [0.05, 0.1) is 0 Å². The third kappa shape index (κ3) is 3.72. The second kappa shape index (κ2) is 6.88. The van der Waals surface area contributed by atoms with Crippen LogP contribution in [0.5, 0.6) is 0 Å². The summed E-state index contributed by atoms with van der Waals surface area (Å²) in [7, 11) is 2.16. The number of nitrogens with zero attached hydrogens (tertiary/aromatic N) is 1. The maximum Gasteiger partial charge on any atom is 0.0499 e. The number of hydrogen-bond donors (Lipinski definition) is 1. The second-order valence-electron chi connectivity index (χ2n) is 6.00. The number of hydrogen-bond acceptors (Lipinski definition) is 2. The third-order valence-corrected chi connectivity index (χ3v) is 4.16. The Hall–Kier alpha value is -1.64. The molecule has 2 atom stereocenters. The molecular formula is C19H26N2. The molecule has 0 bridgehead atoms. The van der Waals surface area contributed by atoms with Crippen LogP contribution in [0, 0.1) is 13.8 Å². The zero-order chi connectivity index (χ0) is 15.4. The summed E-state index contributed by atoms with van der Waals surface area (Å²) < 4.78 is 0. The second-order valence-corrected chi connectivity index (χ2v) is 6.00. The standard InChI is InChI=1S/C19H26N2/c1-14-9-5-7-11-17(14)13-21(4)19(16(3)20)18-12-8-6-10-15(18)2/h5-12,16,19H,13,20H2,1-4H3. The summed E-state index contributed by atoms with van der Waals surface area (Å²) >= 11 is 0. The van der Waals surface area contributed by atoms with Crippen molar-refractivity contribution in [1.29, 1.82) is 0 Å². The molecule has 2 nitrogen and oxygen atoms in total. The number of nitrogens with two attached hydrogens (primary N) is 1. The van der Waals surface area contributed by atoms with E-state index in [0.717, 1.165) is 6.54 Å². The Kier molecular flexibility index (Phi) is 5.16. The molecule has 0 aliphatic rings. The lowest BCUT2D eigenvalue weighted by atomic mass is 9.95.